The summed E-state index contributed by atoms with van der Waals surface area (Å²) in [6.07, 6.45) is 4.61. The van der Waals surface area contributed by atoms with E-state index in [9.17, 15) is 13.6 Å². The van der Waals surface area contributed by atoms with E-state index in [2.05, 4.69) is 25.5 Å². The van der Waals surface area contributed by atoms with Crippen molar-refractivity contribution < 1.29 is 13.6 Å². The van der Waals surface area contributed by atoms with Gasteiger partial charge in [0, 0.05) is 37.0 Å². The molecule has 1 aliphatic rings. The third-order valence-corrected chi connectivity index (χ3v) is 5.67. The highest BCUT2D eigenvalue weighted by atomic mass is 19.2. The number of rotatable bonds is 9. The van der Waals surface area contributed by atoms with E-state index in [1.54, 1.807) is 24.4 Å². The number of hydrogen-bond acceptors (Lipinski definition) is 5. The van der Waals surface area contributed by atoms with Gasteiger partial charge in [0.05, 0.1) is 5.69 Å². The van der Waals surface area contributed by atoms with Crippen LogP contribution in [-0.4, -0.2) is 53.5 Å². The predicted molar refractivity (Wildman–Crippen MR) is 124 cm³/mol. The number of likely N-dealkylation sites (tertiary alicyclic amines) is 1. The van der Waals surface area contributed by atoms with Crippen molar-refractivity contribution in [3.8, 4) is 11.3 Å². The van der Waals surface area contributed by atoms with Crippen LogP contribution in [0, 0.1) is 11.6 Å². The molecule has 2 aromatic carbocycles. The Bertz CT molecular complexity index is 1100. The Hall–Kier alpha value is -3.39. The molecule has 6 nitrogen and oxygen atoms in total. The molecule has 1 amide bonds. The van der Waals surface area contributed by atoms with Crippen LogP contribution in [0.2, 0.25) is 0 Å². The van der Waals surface area contributed by atoms with E-state index in [4.69, 9.17) is 0 Å². The summed E-state index contributed by atoms with van der Waals surface area (Å²) >= 11 is 0. The fourth-order valence-corrected chi connectivity index (χ4v) is 3.87. The van der Waals surface area contributed by atoms with Gasteiger partial charge in [0.25, 0.3) is 5.91 Å². The summed E-state index contributed by atoms with van der Waals surface area (Å²) in [4.78, 5) is 23.7. The summed E-state index contributed by atoms with van der Waals surface area (Å²) in [5, 5.41) is 6.10. The Morgan fingerprint density at radius 3 is 2.67 bits per heavy atom. The zero-order valence-corrected chi connectivity index (χ0v) is 18.4. The van der Waals surface area contributed by atoms with Gasteiger partial charge in [0.2, 0.25) is 5.95 Å². The molecule has 8 heteroatoms. The third kappa shape index (κ3) is 6.32. The molecule has 0 saturated carbocycles. The lowest BCUT2D eigenvalue weighted by Crippen LogP contribution is -2.33. The number of nitrogens with zero attached hydrogens (tertiary/aromatic N) is 3. The van der Waals surface area contributed by atoms with Crippen LogP contribution in [0.4, 0.5) is 14.7 Å². The highest BCUT2D eigenvalue weighted by Crippen LogP contribution is 2.19. The summed E-state index contributed by atoms with van der Waals surface area (Å²) in [5.74, 6) is -1.39. The quantitative estimate of drug-likeness (QED) is 0.516. The smallest absolute Gasteiger partial charge is 0.251 e. The summed E-state index contributed by atoms with van der Waals surface area (Å²) in [7, 11) is 0. The van der Waals surface area contributed by atoms with Crippen molar-refractivity contribution in [1.29, 1.82) is 0 Å². The highest BCUT2D eigenvalue weighted by molar-refractivity contribution is 5.95. The van der Waals surface area contributed by atoms with E-state index >= 15 is 0 Å². The molecule has 1 saturated heterocycles. The van der Waals surface area contributed by atoms with E-state index in [1.165, 1.54) is 18.9 Å². The average Bonchev–Trinajstić information content (AvgIpc) is 3.35. The maximum Gasteiger partial charge on any atom is 0.251 e. The maximum absolute atomic E-state index is 13.3. The van der Waals surface area contributed by atoms with Crippen LogP contribution in [0.1, 0.15) is 28.8 Å². The second kappa shape index (κ2) is 11.0. The zero-order chi connectivity index (χ0) is 23.0. The summed E-state index contributed by atoms with van der Waals surface area (Å²) in [5.41, 5.74) is 2.77. The SMILES string of the molecule is O=C(NCCN1CCCC1)c1cccc(-c2ccnc(NCCc3ccc(F)c(F)c3)n2)c1. The third-order valence-electron chi connectivity index (χ3n) is 5.67. The zero-order valence-electron chi connectivity index (χ0n) is 18.4. The molecule has 1 aliphatic heterocycles. The van der Waals surface area contributed by atoms with Gasteiger partial charge in [-0.1, -0.05) is 18.2 Å². The Labute approximate surface area is 192 Å². The number of halogens is 2. The lowest BCUT2D eigenvalue weighted by molar-refractivity contribution is 0.0950. The Morgan fingerprint density at radius 1 is 1.00 bits per heavy atom. The second-order valence-corrected chi connectivity index (χ2v) is 8.08. The van der Waals surface area contributed by atoms with Crippen LogP contribution in [-0.2, 0) is 6.42 Å². The van der Waals surface area contributed by atoms with E-state index in [0.29, 0.717) is 42.3 Å². The van der Waals surface area contributed by atoms with E-state index in [1.807, 2.05) is 18.2 Å². The molecule has 33 heavy (non-hydrogen) atoms. The molecule has 0 radical (unpaired) electrons. The Kier molecular flexibility index (Phi) is 7.57. The monoisotopic (exact) mass is 451 g/mol. The molecule has 0 bridgehead atoms. The fraction of sp³-hybridized carbons (Fsp3) is 0.320. The van der Waals surface area contributed by atoms with Crippen molar-refractivity contribution in [3.63, 3.8) is 0 Å². The lowest BCUT2D eigenvalue weighted by Gasteiger charge is -2.14. The van der Waals surface area contributed by atoms with Gasteiger partial charge in [-0.3, -0.25) is 4.79 Å². The van der Waals surface area contributed by atoms with Crippen molar-refractivity contribution in [2.75, 3.05) is 38.0 Å². The van der Waals surface area contributed by atoms with Gasteiger partial charge in [-0.25, -0.2) is 18.7 Å². The number of carbonyl (C=O) groups is 1. The maximum atomic E-state index is 13.3. The predicted octanol–water partition coefficient (Wildman–Crippen LogP) is 3.90. The lowest BCUT2D eigenvalue weighted by atomic mass is 10.1. The number of aromatic nitrogens is 2. The molecule has 0 spiro atoms. The number of hydrogen-bond donors (Lipinski definition) is 2. The minimum Gasteiger partial charge on any atom is -0.354 e. The first-order valence-electron chi connectivity index (χ1n) is 11.2. The number of nitrogens with one attached hydrogen (secondary N) is 2. The first-order valence-corrected chi connectivity index (χ1v) is 11.2. The van der Waals surface area contributed by atoms with E-state index < -0.39 is 11.6 Å². The summed E-state index contributed by atoms with van der Waals surface area (Å²) in [6.45, 7) is 4.18. The highest BCUT2D eigenvalue weighted by Gasteiger charge is 2.12. The first kappa shape index (κ1) is 22.8. The largest absolute Gasteiger partial charge is 0.354 e. The van der Waals surface area contributed by atoms with E-state index in [-0.39, 0.29) is 5.91 Å². The number of benzene rings is 2. The normalized spacial score (nSPS) is 13.8. The van der Waals surface area contributed by atoms with Crippen LogP contribution in [0.15, 0.2) is 54.7 Å². The molecule has 1 fully saturated rings. The van der Waals surface area contributed by atoms with Gasteiger partial charge < -0.3 is 15.5 Å². The van der Waals surface area contributed by atoms with Crippen molar-refractivity contribution in [1.82, 2.24) is 20.2 Å². The van der Waals surface area contributed by atoms with Gasteiger partial charge >= 0.3 is 0 Å². The van der Waals surface area contributed by atoms with Crippen molar-refractivity contribution in [2.45, 2.75) is 19.3 Å². The van der Waals surface area contributed by atoms with Crippen molar-refractivity contribution >= 4 is 11.9 Å². The average molecular weight is 452 g/mol. The molecule has 0 unspecified atom stereocenters. The minimum atomic E-state index is -0.856. The number of carbonyl (C=O) groups excluding carboxylic acids is 1. The minimum absolute atomic E-state index is 0.102. The van der Waals surface area contributed by atoms with Gasteiger partial charge in [-0.15, -0.1) is 0 Å². The molecule has 2 N–H and O–H groups in total. The van der Waals surface area contributed by atoms with Crippen LogP contribution < -0.4 is 10.6 Å². The Balaban J connectivity index is 1.34. The van der Waals surface area contributed by atoms with Gasteiger partial charge in [0.1, 0.15) is 0 Å². The van der Waals surface area contributed by atoms with Crippen LogP contribution in [0.25, 0.3) is 11.3 Å². The number of anilines is 1. The molecular weight excluding hydrogens is 424 g/mol. The first-order chi connectivity index (χ1) is 16.1. The Morgan fingerprint density at radius 2 is 1.85 bits per heavy atom. The van der Waals surface area contributed by atoms with E-state index in [0.717, 1.165) is 31.3 Å². The fourth-order valence-electron chi connectivity index (χ4n) is 3.87. The molecule has 0 atom stereocenters. The molecule has 3 aromatic rings. The summed E-state index contributed by atoms with van der Waals surface area (Å²) in [6, 6.07) is 13.0. The standard InChI is InChI=1S/C25H27F2N5O/c26-21-7-6-18(16-22(21)27)8-10-29-25-30-11-9-23(31-25)19-4-3-5-20(17-19)24(33)28-12-15-32-13-1-2-14-32/h3-7,9,11,16-17H,1-2,8,10,12-15H2,(H,28,33)(H,29,30,31). The molecule has 1 aromatic heterocycles. The molecule has 0 aliphatic carbocycles. The second-order valence-electron chi connectivity index (χ2n) is 8.08. The topological polar surface area (TPSA) is 70.2 Å². The van der Waals surface area contributed by atoms with Gasteiger partial charge in [-0.05, 0) is 68.2 Å². The van der Waals surface area contributed by atoms with Crippen molar-refractivity contribution in [2.24, 2.45) is 0 Å². The van der Waals surface area contributed by atoms with Crippen LogP contribution >= 0.6 is 0 Å². The molecule has 172 valence electrons. The van der Waals surface area contributed by atoms with Crippen molar-refractivity contribution in [3.05, 3.63) is 77.5 Å². The molecular formula is C25H27F2N5O. The van der Waals surface area contributed by atoms with Gasteiger partial charge in [0.15, 0.2) is 11.6 Å². The molecule has 2 heterocycles. The number of amides is 1. The summed E-state index contributed by atoms with van der Waals surface area (Å²) < 4.78 is 26.4. The molecule has 4 rings (SSSR count). The van der Waals surface area contributed by atoms with Crippen LogP contribution in [0.5, 0.6) is 0 Å². The van der Waals surface area contributed by atoms with Gasteiger partial charge in [-0.2, -0.15) is 0 Å². The van der Waals surface area contributed by atoms with Crippen LogP contribution in [0.3, 0.4) is 0 Å².